The van der Waals surface area contributed by atoms with Crippen molar-refractivity contribution in [1.82, 2.24) is 4.98 Å². The van der Waals surface area contributed by atoms with E-state index in [4.69, 9.17) is 16.3 Å². The molecule has 3 rings (SSSR count). The Morgan fingerprint density at radius 1 is 1.30 bits per heavy atom. The topological polar surface area (TPSA) is 82.3 Å². The van der Waals surface area contributed by atoms with Crippen LogP contribution in [0, 0.1) is 15.9 Å². The van der Waals surface area contributed by atoms with E-state index < -0.39 is 16.0 Å². The zero-order chi connectivity index (χ0) is 16.6. The zero-order valence-corrected chi connectivity index (χ0v) is 12.7. The van der Waals surface area contributed by atoms with Crippen LogP contribution >= 0.6 is 22.9 Å². The number of nitrogens with zero attached hydrogens (tertiary/aromatic N) is 2. The van der Waals surface area contributed by atoms with Crippen molar-refractivity contribution in [3.8, 4) is 11.5 Å². The molecule has 1 aromatic carbocycles. The van der Waals surface area contributed by atoms with Gasteiger partial charge in [0.1, 0.15) is 5.75 Å². The molecule has 3 aromatic rings. The molecular formula is C14H6ClFN2O4S. The maximum atomic E-state index is 13.9. The number of halogens is 2. The number of carbonyl (C=O) groups excluding carboxylic acids is 1. The van der Waals surface area contributed by atoms with Gasteiger partial charge >= 0.3 is 0 Å². The molecule has 2 aromatic heterocycles. The van der Waals surface area contributed by atoms with Crippen molar-refractivity contribution in [3.05, 3.63) is 57.3 Å². The fourth-order valence-electron chi connectivity index (χ4n) is 1.90. The lowest BCUT2D eigenvalue weighted by atomic mass is 10.3. The van der Waals surface area contributed by atoms with E-state index in [9.17, 15) is 19.3 Å². The van der Waals surface area contributed by atoms with Gasteiger partial charge in [-0.3, -0.25) is 19.9 Å². The Balaban J connectivity index is 2.01. The maximum Gasteiger partial charge on any atom is 0.272 e. The molecule has 0 aliphatic rings. The molecule has 0 aliphatic carbocycles. The van der Waals surface area contributed by atoms with Gasteiger partial charge in [0.05, 0.1) is 26.1 Å². The number of thiophene rings is 1. The van der Waals surface area contributed by atoms with Gasteiger partial charge in [-0.15, -0.1) is 11.3 Å². The van der Waals surface area contributed by atoms with Gasteiger partial charge in [0, 0.05) is 18.3 Å². The first-order valence-corrected chi connectivity index (χ1v) is 7.35. The normalized spacial score (nSPS) is 10.7. The Hall–Kier alpha value is -2.58. The highest BCUT2D eigenvalue weighted by Crippen LogP contribution is 2.36. The second-order valence-electron chi connectivity index (χ2n) is 4.38. The fourth-order valence-corrected chi connectivity index (χ4v) is 2.96. The molecule has 0 amide bonds. The molecule has 6 nitrogen and oxygen atoms in total. The summed E-state index contributed by atoms with van der Waals surface area (Å²) in [6.07, 6.45) is 1.44. The van der Waals surface area contributed by atoms with Crippen LogP contribution in [0.3, 0.4) is 0 Å². The quantitative estimate of drug-likeness (QED) is 0.392. The van der Waals surface area contributed by atoms with Crippen LogP contribution < -0.4 is 4.74 Å². The second kappa shape index (κ2) is 5.90. The number of non-ortho nitro benzene ring substituents is 1. The second-order valence-corrected chi connectivity index (χ2v) is 5.78. The first-order chi connectivity index (χ1) is 11.0. The Morgan fingerprint density at radius 2 is 2.09 bits per heavy atom. The molecule has 0 aliphatic heterocycles. The predicted molar refractivity (Wildman–Crippen MR) is 82.9 cm³/mol. The number of ether oxygens (including phenoxy) is 1. The van der Waals surface area contributed by atoms with Crippen LogP contribution in [0.5, 0.6) is 11.5 Å². The number of hydrogen-bond donors (Lipinski definition) is 0. The molecule has 23 heavy (non-hydrogen) atoms. The Labute approximate surface area is 137 Å². The van der Waals surface area contributed by atoms with E-state index in [0.717, 1.165) is 23.5 Å². The van der Waals surface area contributed by atoms with E-state index in [1.54, 1.807) is 0 Å². The third-order valence-electron chi connectivity index (χ3n) is 2.92. The minimum absolute atomic E-state index is 0.171. The summed E-state index contributed by atoms with van der Waals surface area (Å²) >= 11 is 6.50. The van der Waals surface area contributed by atoms with Crippen LogP contribution in [0.4, 0.5) is 10.1 Å². The van der Waals surface area contributed by atoms with Gasteiger partial charge in [0.15, 0.2) is 11.6 Å². The number of fused-ring (bicyclic) bond motifs is 1. The summed E-state index contributed by atoms with van der Waals surface area (Å²) in [7, 11) is 0. The summed E-state index contributed by atoms with van der Waals surface area (Å²) in [5.74, 6) is -0.762. The summed E-state index contributed by atoms with van der Waals surface area (Å²) in [5.41, 5.74) is 0.111. The maximum absolute atomic E-state index is 13.9. The average molecular weight is 353 g/mol. The third kappa shape index (κ3) is 2.99. The Bertz CT molecular complexity index is 944. The summed E-state index contributed by atoms with van der Waals surface area (Å²) in [5, 5.41) is 9.99. The van der Waals surface area contributed by atoms with Gasteiger partial charge in [-0.25, -0.2) is 4.39 Å². The van der Waals surface area contributed by atoms with E-state index >= 15 is 0 Å². The lowest BCUT2D eigenvalue weighted by Crippen LogP contribution is -1.92. The largest absolute Gasteiger partial charge is 0.453 e. The SMILES string of the molecule is O=C(Cl)c1cc2nccc(Oc3ccc([N+](=O)[O-])cc3F)c2s1. The summed E-state index contributed by atoms with van der Waals surface area (Å²) < 4.78 is 19.9. The number of benzene rings is 1. The monoisotopic (exact) mass is 352 g/mol. The number of nitro groups is 1. The summed E-state index contributed by atoms with van der Waals surface area (Å²) in [6.45, 7) is 0. The van der Waals surface area contributed by atoms with E-state index in [0.29, 0.717) is 10.2 Å². The number of rotatable bonds is 4. The Morgan fingerprint density at radius 3 is 2.74 bits per heavy atom. The molecule has 0 radical (unpaired) electrons. The van der Waals surface area contributed by atoms with E-state index in [1.807, 2.05) is 0 Å². The van der Waals surface area contributed by atoms with Gasteiger partial charge in [0.25, 0.3) is 10.9 Å². The molecule has 0 atom stereocenters. The minimum atomic E-state index is -0.866. The standard InChI is InChI=1S/C14H6ClFN2O4S/c15-14(19)12-6-9-13(23-12)11(3-4-17-9)22-10-2-1-7(18(20)21)5-8(10)16/h1-6H. The molecule has 0 saturated carbocycles. The van der Waals surface area contributed by atoms with Crippen LogP contribution in [0.15, 0.2) is 36.5 Å². The highest BCUT2D eigenvalue weighted by Gasteiger charge is 2.16. The predicted octanol–water partition coefficient (Wildman–Crippen LogP) is 4.51. The lowest BCUT2D eigenvalue weighted by Gasteiger charge is -2.07. The smallest absolute Gasteiger partial charge is 0.272 e. The molecule has 0 unspecified atom stereocenters. The van der Waals surface area contributed by atoms with E-state index in [2.05, 4.69) is 4.98 Å². The van der Waals surface area contributed by atoms with Crippen molar-refractivity contribution in [1.29, 1.82) is 0 Å². The van der Waals surface area contributed by atoms with Crippen molar-refractivity contribution in [3.63, 3.8) is 0 Å². The minimum Gasteiger partial charge on any atom is -0.453 e. The van der Waals surface area contributed by atoms with Crippen LogP contribution in [-0.2, 0) is 0 Å². The number of hydrogen-bond acceptors (Lipinski definition) is 6. The molecule has 0 N–H and O–H groups in total. The van der Waals surface area contributed by atoms with Crippen LogP contribution in [0.1, 0.15) is 9.67 Å². The highest BCUT2D eigenvalue weighted by atomic mass is 35.5. The molecule has 9 heteroatoms. The van der Waals surface area contributed by atoms with E-state index in [1.165, 1.54) is 24.4 Å². The van der Waals surface area contributed by atoms with Crippen LogP contribution in [-0.4, -0.2) is 15.1 Å². The van der Waals surface area contributed by atoms with Crippen molar-refractivity contribution < 1.29 is 18.8 Å². The molecule has 0 fully saturated rings. The van der Waals surface area contributed by atoms with Crippen LogP contribution in [0.25, 0.3) is 10.2 Å². The number of carbonyl (C=O) groups is 1. The van der Waals surface area contributed by atoms with Gasteiger partial charge in [0.2, 0.25) is 0 Å². The number of aromatic nitrogens is 1. The molecular weight excluding hydrogens is 347 g/mol. The first kappa shape index (κ1) is 15.3. The molecule has 116 valence electrons. The molecule has 0 saturated heterocycles. The summed E-state index contributed by atoms with van der Waals surface area (Å²) in [4.78, 5) is 25.5. The van der Waals surface area contributed by atoms with Gasteiger partial charge < -0.3 is 4.74 Å². The number of pyridine rings is 1. The van der Waals surface area contributed by atoms with Crippen LogP contribution in [0.2, 0.25) is 0 Å². The zero-order valence-electron chi connectivity index (χ0n) is 11.2. The van der Waals surface area contributed by atoms with Gasteiger partial charge in [-0.2, -0.15) is 0 Å². The lowest BCUT2D eigenvalue weighted by molar-refractivity contribution is -0.385. The molecule has 0 bridgehead atoms. The van der Waals surface area contributed by atoms with E-state index in [-0.39, 0.29) is 22.1 Å². The number of nitro benzene ring substituents is 1. The molecule has 2 heterocycles. The highest BCUT2D eigenvalue weighted by molar-refractivity contribution is 7.22. The third-order valence-corrected chi connectivity index (χ3v) is 4.37. The first-order valence-electron chi connectivity index (χ1n) is 6.16. The summed E-state index contributed by atoms with van der Waals surface area (Å²) in [6, 6.07) is 6.09. The van der Waals surface area contributed by atoms with Crippen molar-refractivity contribution in [2.24, 2.45) is 0 Å². The van der Waals surface area contributed by atoms with Gasteiger partial charge in [-0.05, 0) is 23.7 Å². The Kier molecular flexibility index (Phi) is 3.93. The fraction of sp³-hybridized carbons (Fsp3) is 0. The van der Waals surface area contributed by atoms with Crippen molar-refractivity contribution in [2.75, 3.05) is 0 Å². The molecule has 0 spiro atoms. The average Bonchev–Trinajstić information content (AvgIpc) is 2.94. The van der Waals surface area contributed by atoms with Crippen molar-refractivity contribution in [2.45, 2.75) is 0 Å². The van der Waals surface area contributed by atoms with Crippen molar-refractivity contribution >= 4 is 44.1 Å². The van der Waals surface area contributed by atoms with Gasteiger partial charge in [-0.1, -0.05) is 0 Å².